The molecule has 298 valence electrons. The van der Waals surface area contributed by atoms with Crippen LogP contribution in [-0.4, -0.2) is 4.57 Å². The van der Waals surface area contributed by atoms with Crippen molar-refractivity contribution in [1.29, 1.82) is 0 Å². The summed E-state index contributed by atoms with van der Waals surface area (Å²) in [4.78, 5) is 0. The summed E-state index contributed by atoms with van der Waals surface area (Å²) in [7, 11) is 0. The third-order valence-electron chi connectivity index (χ3n) is 13.5. The van der Waals surface area contributed by atoms with Gasteiger partial charge in [0.15, 0.2) is 11.4 Å². The van der Waals surface area contributed by atoms with E-state index in [1.54, 1.807) is 0 Å². The van der Waals surface area contributed by atoms with Crippen LogP contribution in [0.2, 0.25) is 0 Å². The van der Waals surface area contributed by atoms with Crippen molar-refractivity contribution < 1.29 is 4.57 Å². The predicted octanol–water partition coefficient (Wildman–Crippen LogP) is 14.8. The third kappa shape index (κ3) is 6.62. The number of aryl methyl sites for hydroxylation is 2. The summed E-state index contributed by atoms with van der Waals surface area (Å²) in [5, 5.41) is 2.59. The fourth-order valence-corrected chi connectivity index (χ4v) is 10.3. The van der Waals surface area contributed by atoms with Crippen LogP contribution in [0.1, 0.15) is 107 Å². The Kier molecular flexibility index (Phi) is 9.88. The summed E-state index contributed by atoms with van der Waals surface area (Å²) in [6, 6.07) is 67.7. The zero-order valence-electron chi connectivity index (χ0n) is 36.1. The fourth-order valence-electron chi connectivity index (χ4n) is 10.3. The van der Waals surface area contributed by atoms with E-state index in [0.29, 0.717) is 0 Å². The Labute approximate surface area is 361 Å². The highest BCUT2D eigenvalue weighted by atomic mass is 15.2. The molecule has 0 radical (unpaired) electrons. The standard InChI is InChI=1S/C59H53N2/c1-38-33-51(40(3)44-21-11-7-12-22-44)56(52(34-38)41(4)45-23-13-8-14-24-45)60-37-61(59-50-32-20-30-48-29-19-31-49(55(48)50)58(59)60)57-53(42(5)46-25-15-9-16-26-46)35-39(2)36-54(57)43(6)47-27-17-10-18-28-47/h7-37,40-43H,1-6H3/q+1/t40-,41-,42+,43+. The number of imidazole rings is 1. The van der Waals surface area contributed by atoms with Crippen LogP contribution in [0.4, 0.5) is 0 Å². The van der Waals surface area contributed by atoms with Crippen molar-refractivity contribution in [3.8, 4) is 33.9 Å². The predicted molar refractivity (Wildman–Crippen MR) is 255 cm³/mol. The highest BCUT2D eigenvalue weighted by Gasteiger charge is 2.40. The molecule has 10 rings (SSSR count). The van der Waals surface area contributed by atoms with Crippen LogP contribution in [0, 0.1) is 13.8 Å². The Morgan fingerprint density at radius 3 is 1.21 bits per heavy atom. The number of nitrogens with zero attached hydrogens (tertiary/aromatic N) is 2. The molecule has 61 heavy (non-hydrogen) atoms. The van der Waals surface area contributed by atoms with E-state index in [0.717, 1.165) is 0 Å². The summed E-state index contributed by atoms with van der Waals surface area (Å²) >= 11 is 0. The van der Waals surface area contributed by atoms with Crippen LogP contribution in [0.25, 0.3) is 44.7 Å². The summed E-state index contributed by atoms with van der Waals surface area (Å²) in [5.74, 6) is 0.576. The molecule has 8 aromatic carbocycles. The second-order valence-corrected chi connectivity index (χ2v) is 17.4. The van der Waals surface area contributed by atoms with Gasteiger partial charge in [-0.1, -0.05) is 209 Å². The maximum absolute atomic E-state index is 2.60. The van der Waals surface area contributed by atoms with Crippen LogP contribution in [0.3, 0.4) is 0 Å². The maximum Gasteiger partial charge on any atom is 0.255 e. The second kappa shape index (κ2) is 15.7. The van der Waals surface area contributed by atoms with E-state index < -0.39 is 0 Å². The van der Waals surface area contributed by atoms with Gasteiger partial charge in [-0.05, 0) is 53.6 Å². The minimum absolute atomic E-state index is 0.144. The fraction of sp³-hybridized carbons (Fsp3) is 0.169. The lowest BCUT2D eigenvalue weighted by Crippen LogP contribution is -2.35. The van der Waals surface area contributed by atoms with Crippen LogP contribution in [0.15, 0.2) is 188 Å². The first-order chi connectivity index (χ1) is 29.8. The molecule has 1 aromatic heterocycles. The topological polar surface area (TPSA) is 8.81 Å². The van der Waals surface area contributed by atoms with Crippen molar-refractivity contribution in [3.63, 3.8) is 0 Å². The van der Waals surface area contributed by atoms with Crippen molar-refractivity contribution in [2.24, 2.45) is 0 Å². The molecule has 0 amide bonds. The number of aromatic nitrogens is 2. The zero-order valence-corrected chi connectivity index (χ0v) is 36.1. The van der Waals surface area contributed by atoms with Crippen LogP contribution in [-0.2, 0) is 0 Å². The molecular weight excluding hydrogens is 737 g/mol. The molecular formula is C59H53N2+. The molecule has 0 unspecified atom stereocenters. The first-order valence-electron chi connectivity index (χ1n) is 22.0. The van der Waals surface area contributed by atoms with Gasteiger partial charge in [-0.15, -0.1) is 0 Å². The first-order valence-corrected chi connectivity index (χ1v) is 22.0. The normalized spacial score (nSPS) is 13.8. The van der Waals surface area contributed by atoms with Crippen molar-refractivity contribution >= 4 is 10.8 Å². The Morgan fingerprint density at radius 1 is 0.410 bits per heavy atom. The molecule has 0 spiro atoms. The van der Waals surface area contributed by atoms with Gasteiger partial charge in [0.1, 0.15) is 11.4 Å². The second-order valence-electron chi connectivity index (χ2n) is 17.4. The van der Waals surface area contributed by atoms with E-state index >= 15 is 0 Å². The molecule has 0 aliphatic heterocycles. The SMILES string of the molecule is Cc1cc([C@H](C)c2ccccc2)c(-n2c[n+](-c3c([C@@H](C)c4ccccc4)cc(C)cc3[C@@H](C)c3ccccc3)c3c2-c2cccc4cccc-3c24)c([C@H](C)c2ccccc2)c1. The van der Waals surface area contributed by atoms with E-state index in [-0.39, 0.29) is 23.7 Å². The lowest BCUT2D eigenvalue weighted by Gasteiger charge is -2.23. The molecule has 0 fully saturated rings. The summed E-state index contributed by atoms with van der Waals surface area (Å²) in [5.41, 5.74) is 20.7. The Bertz CT molecular complexity index is 2700. The molecule has 0 N–H and O–H groups in total. The Hall–Kier alpha value is -6.77. The summed E-state index contributed by atoms with van der Waals surface area (Å²) in [6.07, 6.45) is 2.46. The van der Waals surface area contributed by atoms with E-state index in [9.17, 15) is 0 Å². The van der Waals surface area contributed by atoms with Gasteiger partial charge in [0.2, 0.25) is 0 Å². The summed E-state index contributed by atoms with van der Waals surface area (Å²) < 4.78 is 5.20. The van der Waals surface area contributed by atoms with Crippen LogP contribution >= 0.6 is 0 Å². The number of hydrogen-bond acceptors (Lipinski definition) is 0. The number of fused-ring (bicyclic) bond motifs is 3. The number of rotatable bonds is 10. The van der Waals surface area contributed by atoms with Crippen LogP contribution in [0.5, 0.6) is 0 Å². The van der Waals surface area contributed by atoms with Gasteiger partial charge >= 0.3 is 0 Å². The Morgan fingerprint density at radius 2 is 0.787 bits per heavy atom. The van der Waals surface area contributed by atoms with E-state index in [4.69, 9.17) is 0 Å². The first kappa shape index (κ1) is 38.4. The molecule has 1 aliphatic rings. The third-order valence-corrected chi connectivity index (χ3v) is 13.5. The maximum atomic E-state index is 2.60. The highest BCUT2D eigenvalue weighted by Crippen LogP contribution is 2.50. The van der Waals surface area contributed by atoms with E-state index in [1.807, 2.05) is 0 Å². The summed E-state index contributed by atoms with van der Waals surface area (Å²) in [6.45, 7) is 14.1. The number of hydrogen-bond donors (Lipinski definition) is 0. The molecule has 0 saturated carbocycles. The lowest BCUT2D eigenvalue weighted by molar-refractivity contribution is -0.584. The molecule has 0 bridgehead atoms. The van der Waals surface area contributed by atoms with Gasteiger partial charge in [0, 0.05) is 62.4 Å². The quantitative estimate of drug-likeness (QED) is 0.122. The van der Waals surface area contributed by atoms with Gasteiger partial charge < -0.3 is 0 Å². The molecule has 9 aromatic rings. The van der Waals surface area contributed by atoms with Crippen molar-refractivity contribution in [2.75, 3.05) is 0 Å². The van der Waals surface area contributed by atoms with Gasteiger partial charge in [-0.25, -0.2) is 0 Å². The average molecular weight is 790 g/mol. The van der Waals surface area contributed by atoms with Crippen LogP contribution < -0.4 is 4.57 Å². The molecule has 0 saturated heterocycles. The van der Waals surface area contributed by atoms with Gasteiger partial charge in [0.05, 0.1) is 0 Å². The lowest BCUT2D eigenvalue weighted by atomic mass is 9.83. The monoisotopic (exact) mass is 789 g/mol. The molecule has 1 heterocycles. The van der Waals surface area contributed by atoms with Crippen molar-refractivity contribution in [3.05, 3.63) is 244 Å². The van der Waals surface area contributed by atoms with Gasteiger partial charge in [-0.3, -0.25) is 0 Å². The van der Waals surface area contributed by atoms with Crippen molar-refractivity contribution in [1.82, 2.24) is 4.57 Å². The number of benzene rings is 8. The molecule has 4 atom stereocenters. The largest absolute Gasteiger partial charge is 0.255 e. The van der Waals surface area contributed by atoms with E-state index in [1.165, 1.54) is 100 Å². The highest BCUT2D eigenvalue weighted by molar-refractivity contribution is 6.13. The minimum atomic E-state index is 0.144. The van der Waals surface area contributed by atoms with Gasteiger partial charge in [0.25, 0.3) is 6.33 Å². The minimum Gasteiger partial charge on any atom is -0.193 e. The van der Waals surface area contributed by atoms with E-state index in [2.05, 4.69) is 239 Å². The molecule has 2 heteroatoms. The smallest absolute Gasteiger partial charge is 0.193 e. The molecule has 2 nitrogen and oxygen atoms in total. The van der Waals surface area contributed by atoms with Crippen molar-refractivity contribution in [2.45, 2.75) is 65.2 Å². The zero-order chi connectivity index (χ0) is 41.8. The Balaban J connectivity index is 1.35. The average Bonchev–Trinajstić information content (AvgIpc) is 3.86. The molecule has 1 aliphatic carbocycles. The van der Waals surface area contributed by atoms with Gasteiger partial charge in [-0.2, -0.15) is 9.13 Å².